The molecule has 0 fully saturated rings. The number of amides is 1. The Hall–Kier alpha value is -2.67. The molecular weight excluding hydrogens is 367 g/mol. The summed E-state index contributed by atoms with van der Waals surface area (Å²) in [5.74, 6) is -2.39. The van der Waals surface area contributed by atoms with Gasteiger partial charge in [-0.05, 0) is 20.8 Å². The summed E-state index contributed by atoms with van der Waals surface area (Å²) >= 11 is 0.960. The van der Waals surface area contributed by atoms with Crippen molar-refractivity contribution in [3.05, 3.63) is 11.1 Å². The fourth-order valence-electron chi connectivity index (χ4n) is 1.36. The lowest BCUT2D eigenvalue weighted by atomic mass is 10.2. The standard InChI is InChI=1S/C13H17BN4O7S/c1-13(2,3)24-12(22)17-11-16-7(5-26-11)8(9(19)20)18-23-4-6(15)10(21)25-14/h5-6H,4,15H2,1-3H3,(H,19,20)(H,16,17,22)/t6-/m0/s1. The van der Waals surface area contributed by atoms with Crippen molar-refractivity contribution in [1.82, 2.24) is 4.98 Å². The summed E-state index contributed by atoms with van der Waals surface area (Å²) in [4.78, 5) is 42.6. The molecule has 0 bridgehead atoms. The smallest absolute Gasteiger partial charge is 0.413 e. The van der Waals surface area contributed by atoms with Crippen molar-refractivity contribution in [2.45, 2.75) is 32.4 Å². The van der Waals surface area contributed by atoms with E-state index in [4.69, 9.17) is 15.3 Å². The molecule has 1 aromatic heterocycles. The van der Waals surface area contributed by atoms with E-state index in [1.165, 1.54) is 5.38 Å². The number of ether oxygens (including phenoxy) is 1. The maximum atomic E-state index is 11.7. The van der Waals surface area contributed by atoms with Crippen molar-refractivity contribution < 1.29 is 33.7 Å². The lowest BCUT2D eigenvalue weighted by molar-refractivity contribution is -0.136. The Labute approximate surface area is 153 Å². The molecule has 0 saturated heterocycles. The highest BCUT2D eigenvalue weighted by atomic mass is 32.1. The minimum Gasteiger partial charge on any atom is -0.542 e. The number of carboxylic acid groups (broad SMARTS) is 1. The van der Waals surface area contributed by atoms with E-state index in [1.807, 2.05) is 0 Å². The van der Waals surface area contributed by atoms with Gasteiger partial charge in [0, 0.05) is 5.38 Å². The second kappa shape index (κ2) is 9.15. The van der Waals surface area contributed by atoms with Crippen LogP contribution in [0.1, 0.15) is 26.5 Å². The van der Waals surface area contributed by atoms with Gasteiger partial charge in [-0.3, -0.25) is 10.1 Å². The number of thiazole rings is 1. The number of carbonyl (C=O) groups excluding carboxylic acids is 2. The highest BCUT2D eigenvalue weighted by Crippen LogP contribution is 2.18. The summed E-state index contributed by atoms with van der Waals surface area (Å²) in [5.41, 5.74) is 4.05. The largest absolute Gasteiger partial charge is 0.542 e. The Morgan fingerprint density at radius 1 is 1.46 bits per heavy atom. The first-order chi connectivity index (χ1) is 12.0. The SMILES string of the molecule is [B]OC(=O)[C@@H](N)CON=C(C(=O)O)c1csc(NC(=O)OC(C)(C)C)n1. The van der Waals surface area contributed by atoms with Gasteiger partial charge >= 0.3 is 26.1 Å². The number of nitrogens with zero attached hydrogens (tertiary/aromatic N) is 2. The summed E-state index contributed by atoms with van der Waals surface area (Å²) in [7, 11) is 4.66. The van der Waals surface area contributed by atoms with Gasteiger partial charge < -0.3 is 25.1 Å². The number of hydrogen-bond donors (Lipinski definition) is 3. The van der Waals surface area contributed by atoms with E-state index in [1.54, 1.807) is 20.8 Å². The van der Waals surface area contributed by atoms with Gasteiger partial charge in [0.2, 0.25) is 5.71 Å². The molecule has 0 spiro atoms. The fraction of sp³-hybridized carbons (Fsp3) is 0.462. The molecule has 4 N–H and O–H groups in total. The molecule has 0 aliphatic rings. The minimum atomic E-state index is -1.44. The number of oxime groups is 1. The average Bonchev–Trinajstić information content (AvgIpc) is 2.95. The van der Waals surface area contributed by atoms with Gasteiger partial charge in [-0.2, -0.15) is 0 Å². The molecule has 2 radical (unpaired) electrons. The zero-order valence-electron chi connectivity index (χ0n) is 14.2. The number of carbonyl (C=O) groups is 3. The first kappa shape index (κ1) is 21.4. The maximum absolute atomic E-state index is 11.7. The third-order valence-electron chi connectivity index (χ3n) is 2.39. The molecule has 0 aliphatic carbocycles. The van der Waals surface area contributed by atoms with E-state index >= 15 is 0 Å². The van der Waals surface area contributed by atoms with Crippen LogP contribution < -0.4 is 11.1 Å². The van der Waals surface area contributed by atoms with Gasteiger partial charge in [0.25, 0.3) is 0 Å². The van der Waals surface area contributed by atoms with Gasteiger partial charge in [0.15, 0.2) is 5.13 Å². The molecule has 11 nitrogen and oxygen atoms in total. The molecule has 0 unspecified atom stereocenters. The number of hydrogen-bond acceptors (Lipinski definition) is 10. The van der Waals surface area contributed by atoms with Gasteiger partial charge in [0.1, 0.15) is 23.9 Å². The maximum Gasteiger partial charge on any atom is 0.413 e. The summed E-state index contributed by atoms with van der Waals surface area (Å²) in [6.45, 7) is 4.62. The lowest BCUT2D eigenvalue weighted by Crippen LogP contribution is -2.36. The van der Waals surface area contributed by atoms with Crippen LogP contribution in [0.25, 0.3) is 0 Å². The van der Waals surface area contributed by atoms with Crippen molar-refractivity contribution in [3.63, 3.8) is 0 Å². The molecule has 1 aromatic rings. The Bertz CT molecular complexity index is 701. The first-order valence-electron chi connectivity index (χ1n) is 7.08. The van der Waals surface area contributed by atoms with E-state index in [0.717, 1.165) is 11.3 Å². The van der Waals surface area contributed by atoms with Gasteiger partial charge in [0.05, 0.1) is 0 Å². The molecule has 0 aliphatic heterocycles. The highest BCUT2D eigenvalue weighted by Gasteiger charge is 2.21. The van der Waals surface area contributed by atoms with Crippen molar-refractivity contribution >= 4 is 48.3 Å². The van der Waals surface area contributed by atoms with E-state index in [2.05, 4.69) is 28.2 Å². The second-order valence-corrected chi connectivity index (χ2v) is 6.61. The number of rotatable bonds is 7. The van der Waals surface area contributed by atoms with E-state index < -0.39 is 42.0 Å². The number of carboxylic acids is 1. The van der Waals surface area contributed by atoms with Crippen LogP contribution in [-0.2, 0) is 23.8 Å². The van der Waals surface area contributed by atoms with Crippen LogP contribution in [0.3, 0.4) is 0 Å². The van der Waals surface area contributed by atoms with Crippen LogP contribution in [0.15, 0.2) is 10.5 Å². The van der Waals surface area contributed by atoms with E-state index in [-0.39, 0.29) is 10.8 Å². The molecule has 1 amide bonds. The number of anilines is 1. The Kier molecular flexibility index (Phi) is 7.52. The van der Waals surface area contributed by atoms with Gasteiger partial charge in [-0.15, -0.1) is 11.3 Å². The molecule has 1 atom stereocenters. The Morgan fingerprint density at radius 3 is 2.65 bits per heavy atom. The number of nitrogens with one attached hydrogen (secondary N) is 1. The number of aliphatic carboxylic acids is 1. The zero-order valence-corrected chi connectivity index (χ0v) is 15.0. The predicted octanol–water partition coefficient (Wildman–Crippen LogP) is 0.249. The summed E-state index contributed by atoms with van der Waals surface area (Å²) in [5, 5.41) is 16.4. The lowest BCUT2D eigenvalue weighted by Gasteiger charge is -2.18. The van der Waals surface area contributed by atoms with Crippen LogP contribution in [0.4, 0.5) is 9.93 Å². The molecule has 26 heavy (non-hydrogen) atoms. The normalized spacial score (nSPS) is 12.8. The Balaban J connectivity index is 2.78. The Morgan fingerprint density at radius 2 is 2.12 bits per heavy atom. The molecular formula is C13H17BN4O7S. The predicted molar refractivity (Wildman–Crippen MR) is 91.9 cm³/mol. The van der Waals surface area contributed by atoms with Crippen LogP contribution in [0.5, 0.6) is 0 Å². The van der Waals surface area contributed by atoms with Crippen molar-refractivity contribution in [3.8, 4) is 0 Å². The third kappa shape index (κ3) is 7.07. The van der Waals surface area contributed by atoms with Crippen LogP contribution in [0, 0.1) is 0 Å². The van der Waals surface area contributed by atoms with Gasteiger partial charge in [-0.25, -0.2) is 14.6 Å². The molecule has 13 heteroatoms. The van der Waals surface area contributed by atoms with Crippen LogP contribution in [-0.4, -0.2) is 60.1 Å². The summed E-state index contributed by atoms with van der Waals surface area (Å²) in [6.07, 6.45) is -0.741. The van der Waals surface area contributed by atoms with Crippen molar-refractivity contribution in [2.24, 2.45) is 10.9 Å². The second-order valence-electron chi connectivity index (χ2n) is 5.75. The molecule has 1 heterocycles. The fourth-order valence-corrected chi connectivity index (χ4v) is 2.04. The molecule has 1 rings (SSSR count). The number of aromatic nitrogens is 1. The zero-order chi connectivity index (χ0) is 19.9. The van der Waals surface area contributed by atoms with Crippen LogP contribution >= 0.6 is 11.3 Å². The van der Waals surface area contributed by atoms with E-state index in [9.17, 15) is 19.5 Å². The van der Waals surface area contributed by atoms with Crippen LogP contribution in [0.2, 0.25) is 0 Å². The third-order valence-corrected chi connectivity index (χ3v) is 3.14. The van der Waals surface area contributed by atoms with Crippen molar-refractivity contribution in [1.29, 1.82) is 0 Å². The quantitative estimate of drug-likeness (QED) is 0.340. The highest BCUT2D eigenvalue weighted by molar-refractivity contribution is 7.14. The van der Waals surface area contributed by atoms with Crippen molar-refractivity contribution in [2.75, 3.05) is 11.9 Å². The minimum absolute atomic E-state index is 0.0662. The summed E-state index contributed by atoms with van der Waals surface area (Å²) < 4.78 is 8.97. The average molecular weight is 384 g/mol. The summed E-state index contributed by atoms with van der Waals surface area (Å²) in [6, 6.07) is -1.24. The topological polar surface area (TPSA) is 162 Å². The van der Waals surface area contributed by atoms with Gasteiger partial charge in [-0.1, -0.05) is 5.16 Å². The first-order valence-corrected chi connectivity index (χ1v) is 7.96. The molecule has 0 aromatic carbocycles. The number of nitrogens with two attached hydrogens (primary N) is 1. The molecule has 0 saturated carbocycles. The van der Waals surface area contributed by atoms with E-state index in [0.29, 0.717) is 0 Å². The molecule has 140 valence electrons. The monoisotopic (exact) mass is 384 g/mol.